The number of fused-ring (bicyclic) bond motifs is 1. The Bertz CT molecular complexity index is 522. The summed E-state index contributed by atoms with van der Waals surface area (Å²) in [6.07, 6.45) is 3.57. The molecule has 2 rings (SSSR count). The fraction of sp³-hybridized carbons (Fsp3) is 0.727. The van der Waals surface area contributed by atoms with Crippen LogP contribution in [0.2, 0.25) is 0 Å². The van der Waals surface area contributed by atoms with E-state index in [1.165, 1.54) is 0 Å². The third-order valence-electron chi connectivity index (χ3n) is 3.21. The lowest BCUT2D eigenvalue weighted by molar-refractivity contribution is 0.404. The van der Waals surface area contributed by atoms with Crippen LogP contribution in [0, 0.1) is 5.92 Å². The molecule has 1 aromatic heterocycles. The van der Waals surface area contributed by atoms with Gasteiger partial charge in [0.25, 0.3) is 9.05 Å². The minimum Gasteiger partial charge on any atom is -0.331 e. The number of rotatable bonds is 3. The van der Waals surface area contributed by atoms with Crippen LogP contribution in [-0.4, -0.2) is 18.0 Å². The van der Waals surface area contributed by atoms with Crippen LogP contribution in [-0.2, 0) is 28.4 Å². The summed E-state index contributed by atoms with van der Waals surface area (Å²) in [5.74, 6) is 1.35. The summed E-state index contributed by atoms with van der Waals surface area (Å²) in [7, 11) is 1.73. The largest absolute Gasteiger partial charge is 0.331 e. The number of nitrogens with zero attached hydrogens (tertiary/aromatic N) is 2. The molecule has 0 aliphatic carbocycles. The van der Waals surface area contributed by atoms with Gasteiger partial charge >= 0.3 is 0 Å². The molecule has 1 aromatic rings. The normalized spacial score (nSPS) is 20.3. The summed E-state index contributed by atoms with van der Waals surface area (Å²) in [5, 5.41) is 0.0779. The average molecular weight is 277 g/mol. The molecule has 1 aliphatic heterocycles. The summed E-state index contributed by atoms with van der Waals surface area (Å²) in [5.41, 5.74) is 0.794. The van der Waals surface area contributed by atoms with Crippen molar-refractivity contribution in [2.45, 2.75) is 51.1 Å². The Morgan fingerprint density at radius 2 is 2.24 bits per heavy atom. The molecule has 0 N–H and O–H groups in total. The van der Waals surface area contributed by atoms with Crippen molar-refractivity contribution in [1.82, 2.24) is 9.55 Å². The fourth-order valence-corrected chi connectivity index (χ4v) is 3.43. The molecule has 0 aromatic carbocycles. The third-order valence-corrected chi connectivity index (χ3v) is 4.43. The molecule has 0 radical (unpaired) electrons. The van der Waals surface area contributed by atoms with Crippen LogP contribution in [0.1, 0.15) is 38.2 Å². The topological polar surface area (TPSA) is 52.0 Å². The van der Waals surface area contributed by atoms with Crippen LogP contribution in [0.4, 0.5) is 0 Å². The molecule has 96 valence electrons. The van der Waals surface area contributed by atoms with Gasteiger partial charge in [-0.2, -0.15) is 0 Å². The number of hydrogen-bond donors (Lipinski definition) is 0. The Morgan fingerprint density at radius 1 is 1.53 bits per heavy atom. The lowest BCUT2D eigenvalue weighted by Crippen LogP contribution is -2.19. The Hall–Kier alpha value is -0.550. The zero-order chi connectivity index (χ0) is 12.6. The minimum absolute atomic E-state index is 0.0779. The second kappa shape index (κ2) is 4.61. The van der Waals surface area contributed by atoms with E-state index in [1.807, 2.05) is 4.57 Å². The van der Waals surface area contributed by atoms with Crippen LogP contribution in [0.15, 0.2) is 5.03 Å². The fourth-order valence-electron chi connectivity index (χ4n) is 2.37. The summed E-state index contributed by atoms with van der Waals surface area (Å²) in [6.45, 7) is 5.04. The quantitative estimate of drug-likeness (QED) is 0.797. The first-order chi connectivity index (χ1) is 7.93. The van der Waals surface area contributed by atoms with Crippen molar-refractivity contribution in [3.05, 3.63) is 11.5 Å². The molecule has 0 bridgehead atoms. The van der Waals surface area contributed by atoms with Crippen molar-refractivity contribution < 1.29 is 8.42 Å². The van der Waals surface area contributed by atoms with Gasteiger partial charge in [-0.25, -0.2) is 13.4 Å². The Balaban J connectivity index is 2.54. The highest BCUT2D eigenvalue weighted by molar-refractivity contribution is 8.13. The second-order valence-corrected chi connectivity index (χ2v) is 7.20. The molecule has 0 saturated carbocycles. The smallest absolute Gasteiger partial charge is 0.280 e. The molecule has 2 heterocycles. The monoisotopic (exact) mass is 276 g/mol. The van der Waals surface area contributed by atoms with E-state index in [0.29, 0.717) is 5.92 Å². The van der Waals surface area contributed by atoms with Gasteiger partial charge in [0.1, 0.15) is 5.82 Å². The van der Waals surface area contributed by atoms with Crippen LogP contribution < -0.4 is 0 Å². The standard InChI is InChI=1S/C11H17ClN2O2S/c1-3-4-10-13-11(17(12,15)16)9-7-8(2)5-6-14(9)10/h8H,3-7H2,1-2H3. The van der Waals surface area contributed by atoms with E-state index >= 15 is 0 Å². The zero-order valence-electron chi connectivity index (χ0n) is 10.1. The van der Waals surface area contributed by atoms with E-state index in [1.54, 1.807) is 0 Å². The first-order valence-corrected chi connectivity index (χ1v) is 8.27. The van der Waals surface area contributed by atoms with E-state index in [0.717, 1.165) is 43.7 Å². The lowest BCUT2D eigenvalue weighted by Gasteiger charge is -2.22. The van der Waals surface area contributed by atoms with E-state index in [-0.39, 0.29) is 5.03 Å². The predicted octanol–water partition coefficient (Wildman–Crippen LogP) is 2.35. The molecular weight excluding hydrogens is 260 g/mol. The number of aromatic nitrogens is 2. The van der Waals surface area contributed by atoms with E-state index < -0.39 is 9.05 Å². The molecule has 1 atom stereocenters. The molecular formula is C11H17ClN2O2S. The van der Waals surface area contributed by atoms with Crippen molar-refractivity contribution in [1.29, 1.82) is 0 Å². The molecule has 1 aliphatic rings. The summed E-state index contributed by atoms with van der Waals surface area (Å²) < 4.78 is 25.1. The average Bonchev–Trinajstić information content (AvgIpc) is 2.56. The molecule has 0 fully saturated rings. The van der Waals surface area contributed by atoms with Gasteiger partial charge in [-0.3, -0.25) is 0 Å². The number of imidazole rings is 1. The summed E-state index contributed by atoms with van der Waals surface area (Å²) in [4.78, 5) is 4.23. The van der Waals surface area contributed by atoms with Gasteiger partial charge in [-0.1, -0.05) is 13.8 Å². The molecule has 17 heavy (non-hydrogen) atoms. The van der Waals surface area contributed by atoms with Gasteiger partial charge in [0.2, 0.25) is 0 Å². The van der Waals surface area contributed by atoms with Crippen LogP contribution in [0.5, 0.6) is 0 Å². The predicted molar refractivity (Wildman–Crippen MR) is 66.7 cm³/mol. The Kier molecular flexibility index (Phi) is 3.50. The second-order valence-electron chi connectivity index (χ2n) is 4.72. The maximum absolute atomic E-state index is 11.5. The zero-order valence-corrected chi connectivity index (χ0v) is 11.7. The first kappa shape index (κ1) is 12.9. The minimum atomic E-state index is -3.72. The van der Waals surface area contributed by atoms with Crippen molar-refractivity contribution in [3.8, 4) is 0 Å². The highest BCUT2D eigenvalue weighted by Crippen LogP contribution is 2.29. The third kappa shape index (κ3) is 2.50. The van der Waals surface area contributed by atoms with Gasteiger partial charge in [-0.15, -0.1) is 0 Å². The number of hydrogen-bond acceptors (Lipinski definition) is 3. The van der Waals surface area contributed by atoms with Crippen molar-refractivity contribution >= 4 is 19.7 Å². The molecule has 1 unspecified atom stereocenters. The van der Waals surface area contributed by atoms with Crippen LogP contribution in [0.25, 0.3) is 0 Å². The van der Waals surface area contributed by atoms with E-state index in [9.17, 15) is 8.42 Å². The molecule has 6 heteroatoms. The SMILES string of the molecule is CCCc1nc(S(=O)(=O)Cl)c2n1CCC(C)C2. The lowest BCUT2D eigenvalue weighted by atomic mass is 9.98. The molecule has 0 saturated heterocycles. The maximum atomic E-state index is 11.5. The van der Waals surface area contributed by atoms with Crippen LogP contribution in [0.3, 0.4) is 0 Å². The molecule has 0 spiro atoms. The van der Waals surface area contributed by atoms with Crippen molar-refractivity contribution in [2.24, 2.45) is 5.92 Å². The van der Waals surface area contributed by atoms with Gasteiger partial charge in [0.15, 0.2) is 5.03 Å². The van der Waals surface area contributed by atoms with Crippen molar-refractivity contribution in [3.63, 3.8) is 0 Å². The number of halogens is 1. The number of aryl methyl sites for hydroxylation is 1. The first-order valence-electron chi connectivity index (χ1n) is 5.96. The highest BCUT2D eigenvalue weighted by Gasteiger charge is 2.28. The van der Waals surface area contributed by atoms with E-state index in [2.05, 4.69) is 18.8 Å². The Morgan fingerprint density at radius 3 is 2.82 bits per heavy atom. The molecule has 0 amide bonds. The van der Waals surface area contributed by atoms with E-state index in [4.69, 9.17) is 10.7 Å². The van der Waals surface area contributed by atoms with Gasteiger partial charge < -0.3 is 4.57 Å². The molecule has 4 nitrogen and oxygen atoms in total. The van der Waals surface area contributed by atoms with Crippen molar-refractivity contribution in [2.75, 3.05) is 0 Å². The summed E-state index contributed by atoms with van der Waals surface area (Å²) in [6, 6.07) is 0. The maximum Gasteiger partial charge on any atom is 0.280 e. The Labute approximate surface area is 106 Å². The summed E-state index contributed by atoms with van der Waals surface area (Å²) >= 11 is 0. The van der Waals surface area contributed by atoms with Crippen LogP contribution >= 0.6 is 10.7 Å². The van der Waals surface area contributed by atoms with Gasteiger partial charge in [0.05, 0.1) is 5.69 Å². The highest BCUT2D eigenvalue weighted by atomic mass is 35.7. The van der Waals surface area contributed by atoms with Gasteiger partial charge in [-0.05, 0) is 25.2 Å². The van der Waals surface area contributed by atoms with Gasteiger partial charge in [0, 0.05) is 23.6 Å².